The van der Waals surface area contributed by atoms with Gasteiger partial charge in [-0.3, -0.25) is 91.1 Å². The van der Waals surface area contributed by atoms with Crippen molar-refractivity contribution >= 4 is 112 Å². The Morgan fingerprint density at radius 1 is 0.405 bits per heavy atom. The number of carboxylic acids is 4. The fourth-order valence-corrected chi connectivity index (χ4v) is 6.72. The minimum absolute atomic E-state index is 0.0362. The SMILES string of the molecule is CCC(=O)NCC(=O)N(CC(=O)O)CC(=O)NCC(=O)CCC(=O)N(CC(=O)O)CC(=O)CCCNC(=O)CN(CC(=O)O)C(=O)CNC(=O)CCC(=O)CN(CC(=O)O)C(=O)CCC(=O)CNC(=O)CCN1CC(=O)CC1=O. The minimum atomic E-state index is -1.55. The van der Waals surface area contributed by atoms with Gasteiger partial charge in [0.2, 0.25) is 59.1 Å². The predicted octanol–water partition coefficient (Wildman–Crippen LogP) is -6.78. The molecule has 79 heavy (non-hydrogen) atoms. The molecule has 0 bridgehead atoms. The molecule has 0 aromatic carbocycles. The molecule has 33 nitrogen and oxygen atoms in total. The van der Waals surface area contributed by atoms with E-state index in [0.717, 1.165) is 0 Å². The first-order valence-corrected chi connectivity index (χ1v) is 24.3. The Morgan fingerprint density at radius 2 is 0.785 bits per heavy atom. The lowest BCUT2D eigenvalue weighted by molar-refractivity contribution is -0.146. The van der Waals surface area contributed by atoms with Crippen molar-refractivity contribution in [2.75, 3.05) is 98.2 Å². The third-order valence-corrected chi connectivity index (χ3v) is 10.8. The summed E-state index contributed by atoms with van der Waals surface area (Å²) in [6, 6.07) is 0. The third-order valence-electron chi connectivity index (χ3n) is 10.8. The van der Waals surface area contributed by atoms with Gasteiger partial charge in [0.1, 0.15) is 39.3 Å². The van der Waals surface area contributed by atoms with Gasteiger partial charge in [-0.2, -0.15) is 0 Å². The number of amides is 10. The number of aliphatic carboxylic acids is 4. The normalized spacial score (nSPS) is 11.5. The second-order valence-electron chi connectivity index (χ2n) is 17.4. The number of nitrogens with one attached hydrogen (secondary N) is 5. The standard InChI is InChI=1S/C46H64N10O23/c1-2-33(62)50-17-41(70)56(27-46(78)79)23-37(66)49-16-29(58)7-10-38(67)53(24-43(72)73)19-30(59)4-3-12-47-36(65)22-55(26-45(76)77)42(71)18-51-34(63)8-5-31(60)20-54(25-44(74)75)39(68)9-6-28(57)15-48-35(64)11-13-52-21-32(61)14-40(52)69/h2-27H2,1H3,(H,47,65)(H,48,64)(H,49,66)(H,50,62)(H,51,63)(H,72,73)(H,74,75)(H,76,77)(H,78,79). The Hall–Kier alpha value is -9.07. The molecule has 33 heteroatoms. The van der Waals surface area contributed by atoms with E-state index in [-0.39, 0.29) is 57.5 Å². The zero-order chi connectivity index (χ0) is 59.8. The number of nitrogens with zero attached hydrogens (tertiary/aromatic N) is 5. The molecule has 1 aliphatic rings. The van der Waals surface area contributed by atoms with E-state index in [1.807, 2.05) is 0 Å². The van der Waals surface area contributed by atoms with Gasteiger partial charge in [-0.25, -0.2) is 0 Å². The van der Waals surface area contributed by atoms with E-state index in [1.54, 1.807) is 0 Å². The summed E-state index contributed by atoms with van der Waals surface area (Å²) in [5, 5.41) is 48.1. The molecule has 0 aromatic heterocycles. The summed E-state index contributed by atoms with van der Waals surface area (Å²) < 4.78 is 0. The van der Waals surface area contributed by atoms with Gasteiger partial charge in [-0.15, -0.1) is 0 Å². The Kier molecular flexibility index (Phi) is 31.0. The van der Waals surface area contributed by atoms with Crippen LogP contribution in [-0.4, -0.2) is 255 Å². The fourth-order valence-electron chi connectivity index (χ4n) is 6.72. The van der Waals surface area contributed by atoms with Crippen molar-refractivity contribution in [2.45, 2.75) is 77.6 Å². The highest BCUT2D eigenvalue weighted by atomic mass is 16.4. The van der Waals surface area contributed by atoms with Crippen LogP contribution in [0.25, 0.3) is 0 Å². The monoisotopic (exact) mass is 1120 g/mol. The minimum Gasteiger partial charge on any atom is -0.480 e. The van der Waals surface area contributed by atoms with Gasteiger partial charge in [-0.05, 0) is 6.42 Å². The molecule has 1 aliphatic heterocycles. The third kappa shape index (κ3) is 30.9. The molecule has 10 amide bonds. The largest absolute Gasteiger partial charge is 0.480 e. The van der Waals surface area contributed by atoms with Crippen LogP contribution in [0.3, 0.4) is 0 Å². The molecule has 436 valence electrons. The van der Waals surface area contributed by atoms with Crippen LogP contribution in [-0.2, 0) is 91.1 Å². The summed E-state index contributed by atoms with van der Waals surface area (Å²) in [6.07, 6.45) is -4.12. The van der Waals surface area contributed by atoms with Gasteiger partial charge < -0.3 is 71.5 Å². The zero-order valence-electron chi connectivity index (χ0n) is 43.2. The summed E-state index contributed by atoms with van der Waals surface area (Å²) in [6.45, 7) is -8.46. The fraction of sp³-hybridized carbons (Fsp3) is 0.587. The molecule has 0 atom stereocenters. The number of rotatable bonds is 41. The number of hydrogen-bond acceptors (Lipinski definition) is 19. The molecular formula is C46H64N10O23. The topological polar surface area (TPSA) is 482 Å². The van der Waals surface area contributed by atoms with E-state index in [1.165, 1.54) is 11.8 Å². The highest BCUT2D eigenvalue weighted by Crippen LogP contribution is 2.08. The molecule has 1 saturated heterocycles. The highest BCUT2D eigenvalue weighted by Gasteiger charge is 2.29. The number of carbonyl (C=O) groups is 19. The van der Waals surface area contributed by atoms with Gasteiger partial charge in [0.15, 0.2) is 28.9 Å². The van der Waals surface area contributed by atoms with Gasteiger partial charge in [0.25, 0.3) is 0 Å². The lowest BCUT2D eigenvalue weighted by atomic mass is 10.1. The van der Waals surface area contributed by atoms with E-state index in [4.69, 9.17) is 5.11 Å². The molecule has 9 N–H and O–H groups in total. The molecule has 0 radical (unpaired) electrons. The van der Waals surface area contributed by atoms with Crippen LogP contribution in [0.1, 0.15) is 77.6 Å². The maximum absolute atomic E-state index is 12.8. The Balaban J connectivity index is 2.56. The van der Waals surface area contributed by atoms with Crippen LogP contribution in [0.15, 0.2) is 0 Å². The number of hydrogen-bond donors (Lipinski definition) is 9. The van der Waals surface area contributed by atoms with Crippen LogP contribution >= 0.6 is 0 Å². The Labute approximate surface area is 449 Å². The number of carboxylic acid groups (broad SMARTS) is 4. The number of Topliss-reactive ketones (excluding diaryl/α,β-unsaturated/α-hetero) is 5. The van der Waals surface area contributed by atoms with Gasteiger partial charge in [0.05, 0.1) is 52.2 Å². The van der Waals surface area contributed by atoms with Crippen molar-refractivity contribution in [1.82, 2.24) is 51.1 Å². The van der Waals surface area contributed by atoms with Gasteiger partial charge >= 0.3 is 23.9 Å². The number of carbonyl (C=O) groups excluding carboxylic acids is 15. The van der Waals surface area contributed by atoms with Crippen molar-refractivity contribution in [3.05, 3.63) is 0 Å². The maximum Gasteiger partial charge on any atom is 0.323 e. The first-order valence-electron chi connectivity index (χ1n) is 24.3. The van der Waals surface area contributed by atoms with Gasteiger partial charge in [-0.1, -0.05) is 6.92 Å². The first kappa shape index (κ1) is 67.9. The average Bonchev–Trinajstić information content (AvgIpc) is 3.70. The number of ketones is 5. The van der Waals surface area contributed by atoms with E-state index in [0.29, 0.717) is 19.6 Å². The molecule has 1 heterocycles. The van der Waals surface area contributed by atoms with Crippen molar-refractivity contribution in [2.24, 2.45) is 0 Å². The van der Waals surface area contributed by atoms with Crippen molar-refractivity contribution in [3.8, 4) is 0 Å². The summed E-state index contributed by atoms with van der Waals surface area (Å²) in [5.41, 5.74) is 0. The summed E-state index contributed by atoms with van der Waals surface area (Å²) >= 11 is 0. The van der Waals surface area contributed by atoms with Crippen LogP contribution in [0.4, 0.5) is 0 Å². The second kappa shape index (κ2) is 36.1. The molecule has 1 fully saturated rings. The van der Waals surface area contributed by atoms with Crippen LogP contribution < -0.4 is 26.6 Å². The van der Waals surface area contributed by atoms with Crippen molar-refractivity contribution in [1.29, 1.82) is 0 Å². The molecule has 0 aliphatic carbocycles. The molecule has 0 saturated carbocycles. The van der Waals surface area contributed by atoms with E-state index >= 15 is 0 Å². The predicted molar refractivity (Wildman–Crippen MR) is 260 cm³/mol. The van der Waals surface area contributed by atoms with Crippen LogP contribution in [0.2, 0.25) is 0 Å². The van der Waals surface area contributed by atoms with E-state index in [2.05, 4.69) is 26.6 Å². The molecule has 0 unspecified atom stereocenters. The smallest absolute Gasteiger partial charge is 0.323 e. The maximum atomic E-state index is 12.8. The summed E-state index contributed by atoms with van der Waals surface area (Å²) in [7, 11) is 0. The quantitative estimate of drug-likeness (QED) is 0.0203. The average molecular weight is 1130 g/mol. The first-order chi connectivity index (χ1) is 37.1. The highest BCUT2D eigenvalue weighted by molar-refractivity contribution is 6.05. The summed E-state index contributed by atoms with van der Waals surface area (Å²) in [5.74, 6) is -17.3. The Bertz CT molecular complexity index is 2370. The summed E-state index contributed by atoms with van der Waals surface area (Å²) in [4.78, 5) is 234. The van der Waals surface area contributed by atoms with Crippen LogP contribution in [0.5, 0.6) is 0 Å². The van der Waals surface area contributed by atoms with Crippen molar-refractivity contribution in [3.63, 3.8) is 0 Å². The lowest BCUT2D eigenvalue weighted by Gasteiger charge is -2.21. The van der Waals surface area contributed by atoms with E-state index < -0.39 is 223 Å². The van der Waals surface area contributed by atoms with Crippen LogP contribution in [0, 0.1) is 0 Å². The molecule has 0 spiro atoms. The van der Waals surface area contributed by atoms with E-state index in [9.17, 15) is 106 Å². The van der Waals surface area contributed by atoms with Gasteiger partial charge in [0, 0.05) is 70.9 Å². The lowest BCUT2D eigenvalue weighted by Crippen LogP contribution is -2.47. The van der Waals surface area contributed by atoms with Crippen molar-refractivity contribution < 1.29 is 112 Å². The molecular weight excluding hydrogens is 1060 g/mol. The zero-order valence-corrected chi connectivity index (χ0v) is 43.2. The number of likely N-dealkylation sites (tertiary alicyclic amines) is 1. The second-order valence-corrected chi connectivity index (χ2v) is 17.4. The Morgan fingerprint density at radius 3 is 1.22 bits per heavy atom. The molecule has 1 rings (SSSR count). The molecule has 0 aromatic rings.